The lowest BCUT2D eigenvalue weighted by Gasteiger charge is -2.20. The SMILES string of the molecule is CC(=O)NCCC1(O)C(=O)Nc2ccccc21. The smallest absolute Gasteiger partial charge is 0.261 e. The van der Waals surface area contributed by atoms with Gasteiger partial charge in [0.1, 0.15) is 0 Å². The first-order valence-electron chi connectivity index (χ1n) is 5.42. The topological polar surface area (TPSA) is 78.4 Å². The first kappa shape index (κ1) is 11.6. The van der Waals surface area contributed by atoms with Crippen LogP contribution in [0.5, 0.6) is 0 Å². The maximum atomic E-state index is 11.8. The second kappa shape index (κ2) is 4.18. The lowest BCUT2D eigenvalue weighted by molar-refractivity contribution is -0.134. The zero-order chi connectivity index (χ0) is 12.5. The van der Waals surface area contributed by atoms with Crippen molar-refractivity contribution in [2.75, 3.05) is 11.9 Å². The number of anilines is 1. The molecule has 1 aromatic rings. The average Bonchev–Trinajstić information content (AvgIpc) is 2.52. The lowest BCUT2D eigenvalue weighted by atomic mass is 9.92. The molecule has 1 aromatic carbocycles. The number of hydrogen-bond donors (Lipinski definition) is 3. The molecule has 0 saturated carbocycles. The Hall–Kier alpha value is -1.88. The molecular formula is C12H14N2O3. The molecule has 1 aliphatic rings. The van der Waals surface area contributed by atoms with E-state index in [2.05, 4.69) is 10.6 Å². The van der Waals surface area contributed by atoms with E-state index < -0.39 is 11.5 Å². The number of carbonyl (C=O) groups excluding carboxylic acids is 2. The molecule has 1 atom stereocenters. The van der Waals surface area contributed by atoms with Crippen LogP contribution in [0.3, 0.4) is 0 Å². The van der Waals surface area contributed by atoms with E-state index in [1.807, 2.05) is 0 Å². The number of benzene rings is 1. The van der Waals surface area contributed by atoms with Crippen molar-refractivity contribution < 1.29 is 14.7 Å². The van der Waals surface area contributed by atoms with E-state index in [0.717, 1.165) is 0 Å². The van der Waals surface area contributed by atoms with Gasteiger partial charge in [-0.3, -0.25) is 9.59 Å². The van der Waals surface area contributed by atoms with Gasteiger partial charge in [-0.1, -0.05) is 18.2 Å². The molecule has 5 nitrogen and oxygen atoms in total. The summed E-state index contributed by atoms with van der Waals surface area (Å²) in [6.45, 7) is 1.65. The molecule has 2 rings (SSSR count). The standard InChI is InChI=1S/C12H14N2O3/c1-8(15)13-7-6-12(17)9-4-2-3-5-10(9)14-11(12)16/h2-5,17H,6-7H2,1H3,(H,13,15)(H,14,16). The Bertz CT molecular complexity index is 473. The lowest BCUT2D eigenvalue weighted by Crippen LogP contribution is -2.38. The minimum absolute atomic E-state index is 0.162. The average molecular weight is 234 g/mol. The van der Waals surface area contributed by atoms with Crippen LogP contribution in [0.15, 0.2) is 24.3 Å². The van der Waals surface area contributed by atoms with Crippen LogP contribution in [0.25, 0.3) is 0 Å². The number of hydrogen-bond acceptors (Lipinski definition) is 3. The van der Waals surface area contributed by atoms with E-state index in [0.29, 0.717) is 11.3 Å². The van der Waals surface area contributed by atoms with E-state index in [9.17, 15) is 14.7 Å². The van der Waals surface area contributed by atoms with Gasteiger partial charge in [-0.2, -0.15) is 0 Å². The van der Waals surface area contributed by atoms with Crippen molar-refractivity contribution in [2.45, 2.75) is 18.9 Å². The first-order valence-corrected chi connectivity index (χ1v) is 5.42. The Balaban J connectivity index is 2.19. The summed E-state index contributed by atoms with van der Waals surface area (Å²) < 4.78 is 0. The van der Waals surface area contributed by atoms with Gasteiger partial charge in [-0.15, -0.1) is 0 Å². The van der Waals surface area contributed by atoms with Crippen molar-refractivity contribution in [3.63, 3.8) is 0 Å². The Morgan fingerprint density at radius 3 is 2.88 bits per heavy atom. The third kappa shape index (κ3) is 2.01. The summed E-state index contributed by atoms with van der Waals surface area (Å²) in [5.74, 6) is -0.621. The third-order valence-electron chi connectivity index (χ3n) is 2.86. The third-order valence-corrected chi connectivity index (χ3v) is 2.86. The summed E-state index contributed by atoms with van der Waals surface area (Å²) in [4.78, 5) is 22.5. The molecule has 0 aromatic heterocycles. The highest BCUT2D eigenvalue weighted by molar-refractivity contribution is 6.04. The minimum atomic E-state index is -1.54. The fourth-order valence-corrected chi connectivity index (χ4v) is 1.97. The normalized spacial score (nSPS) is 21.9. The highest BCUT2D eigenvalue weighted by Gasteiger charge is 2.44. The van der Waals surface area contributed by atoms with Gasteiger partial charge in [0.15, 0.2) is 5.60 Å². The van der Waals surface area contributed by atoms with Gasteiger partial charge in [-0.25, -0.2) is 0 Å². The fourth-order valence-electron chi connectivity index (χ4n) is 1.97. The summed E-state index contributed by atoms with van der Waals surface area (Å²) in [5, 5.41) is 15.6. The fraction of sp³-hybridized carbons (Fsp3) is 0.333. The molecule has 0 spiro atoms. The number of rotatable bonds is 3. The zero-order valence-corrected chi connectivity index (χ0v) is 9.49. The van der Waals surface area contributed by atoms with Crippen molar-refractivity contribution in [2.24, 2.45) is 0 Å². The van der Waals surface area contributed by atoms with Crippen LogP contribution in [-0.4, -0.2) is 23.5 Å². The number of carbonyl (C=O) groups is 2. The van der Waals surface area contributed by atoms with Gasteiger partial charge in [0.2, 0.25) is 5.91 Å². The molecule has 2 amide bonds. The molecule has 1 aliphatic heterocycles. The molecule has 90 valence electrons. The molecule has 0 saturated heterocycles. The van der Waals surface area contributed by atoms with Gasteiger partial charge in [0, 0.05) is 31.1 Å². The van der Waals surface area contributed by atoms with E-state index >= 15 is 0 Å². The van der Waals surface area contributed by atoms with Crippen molar-refractivity contribution in [1.29, 1.82) is 0 Å². The second-order valence-electron chi connectivity index (χ2n) is 4.09. The van der Waals surface area contributed by atoms with Crippen molar-refractivity contribution in [3.05, 3.63) is 29.8 Å². The number of amides is 2. The maximum absolute atomic E-state index is 11.8. The van der Waals surface area contributed by atoms with Crippen molar-refractivity contribution >= 4 is 17.5 Å². The van der Waals surface area contributed by atoms with Crippen LogP contribution in [-0.2, 0) is 15.2 Å². The summed E-state index contributed by atoms with van der Waals surface area (Å²) in [6, 6.07) is 7.01. The molecule has 17 heavy (non-hydrogen) atoms. The predicted molar refractivity (Wildman–Crippen MR) is 62.3 cm³/mol. The molecule has 3 N–H and O–H groups in total. The van der Waals surface area contributed by atoms with E-state index in [1.165, 1.54) is 6.92 Å². The van der Waals surface area contributed by atoms with Crippen molar-refractivity contribution in [3.8, 4) is 0 Å². The molecular weight excluding hydrogens is 220 g/mol. The van der Waals surface area contributed by atoms with Crippen LogP contribution in [0.2, 0.25) is 0 Å². The molecule has 0 bridgehead atoms. The molecule has 1 unspecified atom stereocenters. The molecule has 0 aliphatic carbocycles. The van der Waals surface area contributed by atoms with E-state index in [4.69, 9.17) is 0 Å². The number of para-hydroxylation sites is 1. The van der Waals surface area contributed by atoms with Gasteiger partial charge in [0.25, 0.3) is 5.91 Å². The van der Waals surface area contributed by atoms with Crippen LogP contribution >= 0.6 is 0 Å². The Morgan fingerprint density at radius 2 is 2.18 bits per heavy atom. The van der Waals surface area contributed by atoms with Crippen LogP contribution in [0.4, 0.5) is 5.69 Å². The first-order chi connectivity index (χ1) is 8.04. The zero-order valence-electron chi connectivity index (χ0n) is 9.49. The molecule has 0 fully saturated rings. The van der Waals surface area contributed by atoms with Gasteiger partial charge < -0.3 is 15.7 Å². The quantitative estimate of drug-likeness (QED) is 0.706. The second-order valence-corrected chi connectivity index (χ2v) is 4.09. The number of nitrogens with one attached hydrogen (secondary N) is 2. The van der Waals surface area contributed by atoms with Gasteiger partial charge in [-0.05, 0) is 6.07 Å². The van der Waals surface area contributed by atoms with Gasteiger partial charge in [0.05, 0.1) is 0 Å². The summed E-state index contributed by atoms with van der Waals surface area (Å²) >= 11 is 0. The largest absolute Gasteiger partial charge is 0.375 e. The highest BCUT2D eigenvalue weighted by atomic mass is 16.3. The molecule has 5 heteroatoms. The van der Waals surface area contributed by atoms with Crippen LogP contribution in [0, 0.1) is 0 Å². The minimum Gasteiger partial charge on any atom is -0.375 e. The maximum Gasteiger partial charge on any atom is 0.261 e. The summed E-state index contributed by atoms with van der Waals surface area (Å²) in [7, 11) is 0. The Labute approximate surface area is 98.8 Å². The Kier molecular flexibility index (Phi) is 2.85. The molecule has 0 radical (unpaired) electrons. The molecule has 1 heterocycles. The number of aliphatic hydroxyl groups is 1. The highest BCUT2D eigenvalue weighted by Crippen LogP contribution is 2.37. The number of fused-ring (bicyclic) bond motifs is 1. The monoisotopic (exact) mass is 234 g/mol. The van der Waals surface area contributed by atoms with Gasteiger partial charge >= 0.3 is 0 Å². The Morgan fingerprint density at radius 1 is 1.47 bits per heavy atom. The van der Waals surface area contributed by atoms with Crippen molar-refractivity contribution in [1.82, 2.24) is 5.32 Å². The van der Waals surface area contributed by atoms with E-state index in [-0.39, 0.29) is 18.9 Å². The summed E-state index contributed by atoms with van der Waals surface area (Å²) in [5.41, 5.74) is -0.350. The van der Waals surface area contributed by atoms with Crippen LogP contribution < -0.4 is 10.6 Å². The summed E-state index contributed by atoms with van der Waals surface area (Å²) in [6.07, 6.45) is 0.162. The van der Waals surface area contributed by atoms with E-state index in [1.54, 1.807) is 24.3 Å². The van der Waals surface area contributed by atoms with Crippen LogP contribution in [0.1, 0.15) is 18.9 Å². The predicted octanol–water partition coefficient (Wildman–Crippen LogP) is 0.352.